The number of carbonyl (C=O) groups excluding carboxylic acids is 1. The van der Waals surface area contributed by atoms with Crippen LogP contribution in [-0.2, 0) is 6.42 Å². The highest BCUT2D eigenvalue weighted by molar-refractivity contribution is 5.98. The van der Waals surface area contributed by atoms with Crippen LogP contribution in [0.4, 0.5) is 0 Å². The van der Waals surface area contributed by atoms with Crippen LogP contribution in [-0.4, -0.2) is 21.1 Å². The van der Waals surface area contributed by atoms with Crippen LogP contribution in [0.25, 0.3) is 0 Å². The van der Waals surface area contributed by atoms with E-state index >= 15 is 0 Å². The fraction of sp³-hybridized carbons (Fsp3) is 0.0714. The highest BCUT2D eigenvalue weighted by Gasteiger charge is 2.14. The molecule has 18 heavy (non-hydrogen) atoms. The van der Waals surface area contributed by atoms with E-state index < -0.39 is 0 Å². The van der Waals surface area contributed by atoms with E-state index in [-0.39, 0.29) is 35.0 Å². The monoisotopic (exact) mass is 244 g/mol. The van der Waals surface area contributed by atoms with Crippen LogP contribution in [0.2, 0.25) is 0 Å². The molecular weight excluding hydrogens is 232 g/mol. The van der Waals surface area contributed by atoms with Gasteiger partial charge in [-0.15, -0.1) is 0 Å². The Hall–Kier alpha value is -2.49. The molecule has 0 atom stereocenters. The van der Waals surface area contributed by atoms with Crippen molar-refractivity contribution in [1.82, 2.24) is 0 Å². The summed E-state index contributed by atoms with van der Waals surface area (Å²) in [5.41, 5.74) is 0.617. The van der Waals surface area contributed by atoms with E-state index in [1.165, 1.54) is 0 Å². The summed E-state index contributed by atoms with van der Waals surface area (Å²) in [7, 11) is 0. The van der Waals surface area contributed by atoms with Gasteiger partial charge >= 0.3 is 0 Å². The molecule has 3 N–H and O–H groups in total. The van der Waals surface area contributed by atoms with Crippen molar-refractivity contribution in [1.29, 1.82) is 0 Å². The molecule has 92 valence electrons. The molecular formula is C14H12O4. The molecule has 0 saturated carbocycles. The molecule has 0 aliphatic carbocycles. The first-order chi connectivity index (χ1) is 8.58. The fourth-order valence-corrected chi connectivity index (χ4v) is 1.70. The zero-order valence-corrected chi connectivity index (χ0v) is 9.50. The highest BCUT2D eigenvalue weighted by Crippen LogP contribution is 2.32. The second-order valence-corrected chi connectivity index (χ2v) is 3.93. The maximum absolute atomic E-state index is 11.9. The number of ketones is 1. The summed E-state index contributed by atoms with van der Waals surface area (Å²) in [5, 5.41) is 28.4. The van der Waals surface area contributed by atoms with Crippen LogP contribution in [0.15, 0.2) is 42.5 Å². The number of hydrogen-bond acceptors (Lipinski definition) is 4. The van der Waals surface area contributed by atoms with Crippen LogP contribution in [0.1, 0.15) is 15.9 Å². The first-order valence-electron chi connectivity index (χ1n) is 5.40. The molecule has 0 unspecified atom stereocenters. The summed E-state index contributed by atoms with van der Waals surface area (Å²) in [6.07, 6.45) is -0.123. The van der Waals surface area contributed by atoms with Gasteiger partial charge < -0.3 is 15.3 Å². The van der Waals surface area contributed by atoms with Crippen molar-refractivity contribution in [2.45, 2.75) is 6.42 Å². The Bertz CT molecular complexity index is 553. The number of carbonyl (C=O) groups is 1. The van der Waals surface area contributed by atoms with E-state index in [0.29, 0.717) is 5.56 Å². The average Bonchev–Trinajstić information content (AvgIpc) is 2.34. The lowest BCUT2D eigenvalue weighted by Gasteiger charge is -2.07. The minimum atomic E-state index is -0.295. The van der Waals surface area contributed by atoms with Gasteiger partial charge in [0.25, 0.3) is 0 Å². The highest BCUT2D eigenvalue weighted by atomic mass is 16.3. The van der Waals surface area contributed by atoms with Gasteiger partial charge in [-0.1, -0.05) is 30.3 Å². The summed E-state index contributed by atoms with van der Waals surface area (Å²) in [6, 6.07) is 10.8. The Morgan fingerprint density at radius 3 is 2.06 bits per heavy atom. The van der Waals surface area contributed by atoms with Crippen LogP contribution in [0.5, 0.6) is 17.2 Å². The molecule has 0 heterocycles. The van der Waals surface area contributed by atoms with E-state index in [2.05, 4.69) is 0 Å². The van der Waals surface area contributed by atoms with Crippen LogP contribution in [0.3, 0.4) is 0 Å². The Balaban J connectivity index is 2.28. The lowest BCUT2D eigenvalue weighted by atomic mass is 10.0. The van der Waals surface area contributed by atoms with Crippen molar-refractivity contribution >= 4 is 5.78 Å². The van der Waals surface area contributed by atoms with Crippen LogP contribution >= 0.6 is 0 Å². The standard InChI is InChI=1S/C14H12O4/c15-10-6-13(17)11(14(18)7-10)8-12(16)9-4-2-1-3-5-9/h1-7,15,17-18H,8H2. The van der Waals surface area contributed by atoms with Crippen molar-refractivity contribution in [2.24, 2.45) is 0 Å². The number of phenolic OH excluding ortho intramolecular Hbond substituents is 3. The third kappa shape index (κ3) is 2.43. The van der Waals surface area contributed by atoms with E-state index in [4.69, 9.17) is 5.11 Å². The first-order valence-corrected chi connectivity index (χ1v) is 5.40. The molecule has 2 rings (SSSR count). The molecule has 0 amide bonds. The van der Waals surface area contributed by atoms with Crippen molar-refractivity contribution in [2.75, 3.05) is 0 Å². The van der Waals surface area contributed by atoms with Gasteiger partial charge in [0.05, 0.1) is 0 Å². The predicted molar refractivity (Wildman–Crippen MR) is 65.9 cm³/mol. The molecule has 0 bridgehead atoms. The quantitative estimate of drug-likeness (QED) is 0.723. The molecule has 0 aliphatic rings. The Morgan fingerprint density at radius 1 is 0.944 bits per heavy atom. The van der Waals surface area contributed by atoms with Gasteiger partial charge in [0.1, 0.15) is 17.2 Å². The normalized spacial score (nSPS) is 10.2. The summed E-state index contributed by atoms with van der Waals surface area (Å²) < 4.78 is 0. The Labute approximate surface area is 104 Å². The van der Waals surface area contributed by atoms with Crippen LogP contribution in [0, 0.1) is 0 Å². The van der Waals surface area contributed by atoms with Gasteiger partial charge in [0.2, 0.25) is 0 Å². The molecule has 2 aromatic carbocycles. The molecule has 4 heteroatoms. The van der Waals surface area contributed by atoms with Crippen LogP contribution < -0.4 is 0 Å². The molecule has 4 nitrogen and oxygen atoms in total. The van der Waals surface area contributed by atoms with E-state index in [0.717, 1.165) is 12.1 Å². The van der Waals surface area contributed by atoms with E-state index in [9.17, 15) is 15.0 Å². The Kier molecular flexibility index (Phi) is 3.19. The van der Waals surface area contributed by atoms with Crippen molar-refractivity contribution in [3.8, 4) is 17.2 Å². The third-order valence-corrected chi connectivity index (χ3v) is 2.62. The fourth-order valence-electron chi connectivity index (χ4n) is 1.70. The molecule has 0 spiro atoms. The maximum Gasteiger partial charge on any atom is 0.167 e. The number of rotatable bonds is 3. The largest absolute Gasteiger partial charge is 0.508 e. The number of benzene rings is 2. The zero-order valence-electron chi connectivity index (χ0n) is 9.50. The minimum Gasteiger partial charge on any atom is -0.508 e. The molecule has 0 saturated heterocycles. The number of aromatic hydroxyl groups is 3. The Morgan fingerprint density at radius 2 is 1.50 bits per heavy atom. The molecule has 0 aromatic heterocycles. The molecule has 0 aliphatic heterocycles. The lowest BCUT2D eigenvalue weighted by molar-refractivity contribution is 0.0991. The maximum atomic E-state index is 11.9. The minimum absolute atomic E-state index is 0.113. The van der Waals surface area contributed by atoms with Gasteiger partial charge in [-0.3, -0.25) is 4.79 Å². The summed E-state index contributed by atoms with van der Waals surface area (Å²) in [5.74, 6) is -1.05. The van der Waals surface area contributed by atoms with Crippen molar-refractivity contribution in [3.63, 3.8) is 0 Å². The predicted octanol–water partition coefficient (Wildman–Crippen LogP) is 2.23. The second kappa shape index (κ2) is 4.79. The van der Waals surface area contributed by atoms with Crippen molar-refractivity contribution < 1.29 is 20.1 Å². The topological polar surface area (TPSA) is 77.8 Å². The lowest BCUT2D eigenvalue weighted by Crippen LogP contribution is -2.03. The molecule has 2 aromatic rings. The van der Waals surface area contributed by atoms with E-state index in [1.54, 1.807) is 30.3 Å². The van der Waals surface area contributed by atoms with Gasteiger partial charge in [-0.05, 0) is 0 Å². The summed E-state index contributed by atoms with van der Waals surface area (Å²) in [4.78, 5) is 11.9. The van der Waals surface area contributed by atoms with Gasteiger partial charge in [0, 0.05) is 29.7 Å². The molecule has 0 fully saturated rings. The number of phenols is 3. The van der Waals surface area contributed by atoms with Crippen molar-refractivity contribution in [3.05, 3.63) is 53.6 Å². The smallest absolute Gasteiger partial charge is 0.167 e. The zero-order chi connectivity index (χ0) is 13.1. The van der Waals surface area contributed by atoms with Gasteiger partial charge in [0.15, 0.2) is 5.78 Å². The summed E-state index contributed by atoms with van der Waals surface area (Å²) >= 11 is 0. The third-order valence-electron chi connectivity index (χ3n) is 2.62. The van der Waals surface area contributed by atoms with E-state index in [1.807, 2.05) is 0 Å². The average molecular weight is 244 g/mol. The van der Waals surface area contributed by atoms with Gasteiger partial charge in [-0.2, -0.15) is 0 Å². The SMILES string of the molecule is O=C(Cc1c(O)cc(O)cc1O)c1ccccc1. The number of Topliss-reactive ketones (excluding diaryl/α,β-unsaturated/α-hetero) is 1. The number of hydrogen-bond donors (Lipinski definition) is 3. The molecule has 0 radical (unpaired) electrons. The first kappa shape index (κ1) is 12.0. The second-order valence-electron chi connectivity index (χ2n) is 3.93. The summed E-state index contributed by atoms with van der Waals surface area (Å²) in [6.45, 7) is 0. The van der Waals surface area contributed by atoms with Gasteiger partial charge in [-0.25, -0.2) is 0 Å².